The van der Waals surface area contributed by atoms with Gasteiger partial charge in [-0.25, -0.2) is 4.79 Å². The van der Waals surface area contributed by atoms with Crippen molar-refractivity contribution < 1.29 is 19.1 Å². The van der Waals surface area contributed by atoms with Crippen molar-refractivity contribution in [3.05, 3.63) is 0 Å². The van der Waals surface area contributed by atoms with Crippen molar-refractivity contribution >= 4 is 17.8 Å². The standard InChI is InChI=1S/C21H35N3O4/c1-22-12-6-17(7-13-22)18-8-14-24(15-9-18)20(26)21(27)28-16-4-11-23-10-3-2-5-19(23)25/h17-18H,2-16H2,1H3. The van der Waals surface area contributed by atoms with Gasteiger partial charge in [0, 0.05) is 32.6 Å². The Morgan fingerprint density at radius 2 is 1.61 bits per heavy atom. The molecule has 3 saturated heterocycles. The van der Waals surface area contributed by atoms with Crippen LogP contribution in [-0.4, -0.2) is 85.4 Å². The van der Waals surface area contributed by atoms with E-state index in [2.05, 4.69) is 11.9 Å². The third kappa shape index (κ3) is 5.69. The summed E-state index contributed by atoms with van der Waals surface area (Å²) in [6.07, 6.45) is 7.68. The highest BCUT2D eigenvalue weighted by molar-refractivity contribution is 6.32. The molecular weight excluding hydrogens is 358 g/mol. The van der Waals surface area contributed by atoms with E-state index in [9.17, 15) is 14.4 Å². The number of likely N-dealkylation sites (tertiary alicyclic amines) is 3. The van der Waals surface area contributed by atoms with E-state index in [-0.39, 0.29) is 12.5 Å². The Bertz CT molecular complexity index is 552. The van der Waals surface area contributed by atoms with Gasteiger partial charge in [-0.2, -0.15) is 0 Å². The highest BCUT2D eigenvalue weighted by atomic mass is 16.5. The highest BCUT2D eigenvalue weighted by Crippen LogP contribution is 2.32. The first-order valence-electron chi connectivity index (χ1n) is 11.0. The van der Waals surface area contributed by atoms with Crippen LogP contribution in [0.15, 0.2) is 0 Å². The van der Waals surface area contributed by atoms with Gasteiger partial charge in [0.2, 0.25) is 5.91 Å². The van der Waals surface area contributed by atoms with Crippen LogP contribution < -0.4 is 0 Å². The second-order valence-electron chi connectivity index (χ2n) is 8.60. The molecule has 3 heterocycles. The molecule has 7 nitrogen and oxygen atoms in total. The molecule has 28 heavy (non-hydrogen) atoms. The number of esters is 1. The summed E-state index contributed by atoms with van der Waals surface area (Å²) in [6.45, 7) is 5.24. The van der Waals surface area contributed by atoms with Gasteiger partial charge in [-0.05, 0) is 76.9 Å². The van der Waals surface area contributed by atoms with Gasteiger partial charge in [-0.1, -0.05) is 0 Å². The Kier molecular flexibility index (Phi) is 7.71. The summed E-state index contributed by atoms with van der Waals surface area (Å²) in [6, 6.07) is 0. The van der Waals surface area contributed by atoms with E-state index in [0.717, 1.165) is 38.1 Å². The van der Waals surface area contributed by atoms with Gasteiger partial charge in [-0.3, -0.25) is 9.59 Å². The first kappa shape index (κ1) is 21.1. The molecule has 0 atom stereocenters. The van der Waals surface area contributed by atoms with Crippen LogP contribution in [0.2, 0.25) is 0 Å². The van der Waals surface area contributed by atoms with Crippen LogP contribution in [0, 0.1) is 11.8 Å². The molecule has 0 unspecified atom stereocenters. The zero-order valence-electron chi connectivity index (χ0n) is 17.2. The predicted octanol–water partition coefficient (Wildman–Crippen LogP) is 1.51. The molecule has 158 valence electrons. The van der Waals surface area contributed by atoms with Crippen LogP contribution in [0.25, 0.3) is 0 Å². The third-order valence-electron chi connectivity index (χ3n) is 6.66. The van der Waals surface area contributed by atoms with Gasteiger partial charge in [-0.15, -0.1) is 0 Å². The Morgan fingerprint density at radius 1 is 0.964 bits per heavy atom. The van der Waals surface area contributed by atoms with Crippen LogP contribution in [0.3, 0.4) is 0 Å². The largest absolute Gasteiger partial charge is 0.458 e. The van der Waals surface area contributed by atoms with Crippen molar-refractivity contribution in [2.45, 2.75) is 51.4 Å². The zero-order chi connectivity index (χ0) is 19.9. The van der Waals surface area contributed by atoms with Crippen LogP contribution in [0.5, 0.6) is 0 Å². The molecule has 0 aliphatic carbocycles. The molecule has 0 aromatic heterocycles. The smallest absolute Gasteiger partial charge is 0.397 e. The molecule has 2 amide bonds. The lowest BCUT2D eigenvalue weighted by atomic mass is 9.79. The number of carbonyl (C=O) groups is 3. The van der Waals surface area contributed by atoms with E-state index in [4.69, 9.17) is 4.74 Å². The summed E-state index contributed by atoms with van der Waals surface area (Å²) in [4.78, 5) is 42.0. The van der Waals surface area contributed by atoms with E-state index in [1.165, 1.54) is 25.9 Å². The lowest BCUT2D eigenvalue weighted by Crippen LogP contribution is -2.45. The molecule has 0 spiro atoms. The van der Waals surface area contributed by atoms with Gasteiger partial charge in [0.1, 0.15) is 0 Å². The number of hydrogen-bond acceptors (Lipinski definition) is 5. The molecule has 3 aliphatic rings. The van der Waals surface area contributed by atoms with Gasteiger partial charge in [0.15, 0.2) is 0 Å². The summed E-state index contributed by atoms with van der Waals surface area (Å²) in [7, 11) is 2.17. The average Bonchev–Trinajstić information content (AvgIpc) is 2.72. The zero-order valence-corrected chi connectivity index (χ0v) is 17.2. The minimum absolute atomic E-state index is 0.182. The van der Waals surface area contributed by atoms with Crippen molar-refractivity contribution in [1.82, 2.24) is 14.7 Å². The first-order valence-corrected chi connectivity index (χ1v) is 11.0. The summed E-state index contributed by atoms with van der Waals surface area (Å²) in [5.41, 5.74) is 0. The molecule has 3 aliphatic heterocycles. The predicted molar refractivity (Wildman–Crippen MR) is 106 cm³/mol. The number of amides is 2. The quantitative estimate of drug-likeness (QED) is 0.402. The first-order chi connectivity index (χ1) is 13.5. The van der Waals surface area contributed by atoms with Crippen LogP contribution in [-0.2, 0) is 19.1 Å². The number of piperidine rings is 3. The maximum absolute atomic E-state index is 12.4. The summed E-state index contributed by atoms with van der Waals surface area (Å²) in [5.74, 6) is 0.369. The fourth-order valence-corrected chi connectivity index (χ4v) is 4.78. The molecule has 0 radical (unpaired) electrons. The van der Waals surface area contributed by atoms with E-state index < -0.39 is 11.9 Å². The van der Waals surface area contributed by atoms with Crippen molar-refractivity contribution in [2.24, 2.45) is 11.8 Å². The topological polar surface area (TPSA) is 70.2 Å². The van der Waals surface area contributed by atoms with Gasteiger partial charge in [0.05, 0.1) is 6.61 Å². The average molecular weight is 394 g/mol. The van der Waals surface area contributed by atoms with Crippen LogP contribution >= 0.6 is 0 Å². The summed E-state index contributed by atoms with van der Waals surface area (Å²) in [5, 5.41) is 0. The molecule has 0 aromatic rings. The fourth-order valence-electron chi connectivity index (χ4n) is 4.78. The van der Waals surface area contributed by atoms with Gasteiger partial charge < -0.3 is 19.4 Å². The molecule has 0 bridgehead atoms. The van der Waals surface area contributed by atoms with Crippen LogP contribution in [0.1, 0.15) is 51.4 Å². The monoisotopic (exact) mass is 393 g/mol. The second kappa shape index (κ2) is 10.2. The maximum Gasteiger partial charge on any atom is 0.397 e. The van der Waals surface area contributed by atoms with Crippen molar-refractivity contribution in [2.75, 3.05) is 52.9 Å². The third-order valence-corrected chi connectivity index (χ3v) is 6.66. The number of hydrogen-bond donors (Lipinski definition) is 0. The minimum atomic E-state index is -0.747. The molecule has 3 fully saturated rings. The van der Waals surface area contributed by atoms with Gasteiger partial charge >= 0.3 is 11.9 Å². The van der Waals surface area contributed by atoms with E-state index in [1.807, 2.05) is 4.90 Å². The van der Waals surface area contributed by atoms with Gasteiger partial charge in [0.25, 0.3) is 0 Å². The molecule has 0 aromatic carbocycles. The highest BCUT2D eigenvalue weighted by Gasteiger charge is 2.32. The molecule has 7 heteroatoms. The lowest BCUT2D eigenvalue weighted by Gasteiger charge is -2.39. The molecule has 3 rings (SSSR count). The lowest BCUT2D eigenvalue weighted by molar-refractivity contribution is -0.161. The Balaban J connectivity index is 1.32. The number of rotatable bonds is 5. The number of ether oxygens (including phenoxy) is 1. The summed E-state index contributed by atoms with van der Waals surface area (Å²) >= 11 is 0. The summed E-state index contributed by atoms with van der Waals surface area (Å²) < 4.78 is 5.16. The minimum Gasteiger partial charge on any atom is -0.458 e. The maximum atomic E-state index is 12.4. The van der Waals surface area contributed by atoms with Crippen molar-refractivity contribution in [3.8, 4) is 0 Å². The van der Waals surface area contributed by atoms with Crippen LogP contribution in [0.4, 0.5) is 0 Å². The van der Waals surface area contributed by atoms with E-state index in [1.54, 1.807) is 4.90 Å². The molecule has 0 N–H and O–H groups in total. The van der Waals surface area contributed by atoms with Crippen molar-refractivity contribution in [1.29, 1.82) is 0 Å². The van der Waals surface area contributed by atoms with E-state index >= 15 is 0 Å². The normalized spacial score (nSPS) is 23.1. The Morgan fingerprint density at radius 3 is 2.25 bits per heavy atom. The Hall–Kier alpha value is -1.63. The number of nitrogens with zero attached hydrogens (tertiary/aromatic N) is 3. The molecule has 0 saturated carbocycles. The number of carbonyl (C=O) groups excluding carboxylic acids is 3. The Labute approximate surface area is 168 Å². The van der Waals surface area contributed by atoms with Crippen molar-refractivity contribution in [3.63, 3.8) is 0 Å². The SMILES string of the molecule is CN1CCC(C2CCN(C(=O)C(=O)OCCCN3CCCCC3=O)CC2)CC1. The fraction of sp³-hybridized carbons (Fsp3) is 0.857. The molecular formula is C21H35N3O4. The van der Waals surface area contributed by atoms with E-state index in [0.29, 0.717) is 38.4 Å². The second-order valence-corrected chi connectivity index (χ2v) is 8.60.